The lowest BCUT2D eigenvalue weighted by Gasteiger charge is -2.08. The van der Waals surface area contributed by atoms with E-state index in [1.807, 2.05) is 24.3 Å². The van der Waals surface area contributed by atoms with Gasteiger partial charge in [-0.2, -0.15) is 5.10 Å². The quantitative estimate of drug-likeness (QED) is 0.607. The van der Waals surface area contributed by atoms with Gasteiger partial charge in [-0.3, -0.25) is 0 Å². The molecule has 7 heteroatoms. The van der Waals surface area contributed by atoms with Gasteiger partial charge in [0.1, 0.15) is 11.6 Å². The highest BCUT2D eigenvalue weighted by atomic mass is 16.5. The number of ether oxygens (including phenoxy) is 2. The van der Waals surface area contributed by atoms with Gasteiger partial charge in [-0.15, -0.1) is 0 Å². The number of carbonyl (C=O) groups excluding carboxylic acids is 1. The normalized spacial score (nSPS) is 10.7. The Bertz CT molecular complexity index is 667. The van der Waals surface area contributed by atoms with Crippen molar-refractivity contribution in [1.82, 2.24) is 15.4 Å². The third kappa shape index (κ3) is 4.84. The summed E-state index contributed by atoms with van der Waals surface area (Å²) in [5.41, 5.74) is 3.78. The Morgan fingerprint density at radius 1 is 1.39 bits per heavy atom. The Balaban J connectivity index is 2.07. The van der Waals surface area contributed by atoms with E-state index in [0.29, 0.717) is 24.7 Å². The fraction of sp³-hybridized carbons (Fsp3) is 0.312. The molecule has 0 fully saturated rings. The standard InChI is InChI=1S/C16H20N4O3/c1-3-9-23-14-8-6-5-7-13(14)15-17-10-12(19-15)11-18-20-16(21)22-4-2/h5-8,10-11H,3-4,9H2,1-2H3,(H,17,19)(H,20,21). The molecule has 2 N–H and O–H groups in total. The van der Waals surface area contributed by atoms with E-state index in [2.05, 4.69) is 27.4 Å². The van der Waals surface area contributed by atoms with Crippen molar-refractivity contribution in [3.8, 4) is 17.1 Å². The van der Waals surface area contributed by atoms with Crippen LogP contribution in [0.5, 0.6) is 5.75 Å². The van der Waals surface area contributed by atoms with E-state index in [0.717, 1.165) is 17.7 Å². The van der Waals surface area contributed by atoms with Crippen LogP contribution < -0.4 is 10.2 Å². The molecule has 0 unspecified atom stereocenters. The minimum Gasteiger partial charge on any atom is -0.493 e. The van der Waals surface area contributed by atoms with Gasteiger partial charge in [-0.1, -0.05) is 19.1 Å². The molecule has 1 aromatic heterocycles. The third-order valence-corrected chi connectivity index (χ3v) is 2.83. The van der Waals surface area contributed by atoms with Crippen molar-refractivity contribution in [1.29, 1.82) is 0 Å². The summed E-state index contributed by atoms with van der Waals surface area (Å²) in [4.78, 5) is 18.6. The highest BCUT2D eigenvalue weighted by Crippen LogP contribution is 2.27. The summed E-state index contributed by atoms with van der Waals surface area (Å²) in [6.07, 6.45) is 3.43. The van der Waals surface area contributed by atoms with E-state index in [1.54, 1.807) is 13.1 Å². The number of para-hydroxylation sites is 1. The second kappa shape index (κ2) is 8.57. The maximum atomic E-state index is 11.1. The molecular formula is C16H20N4O3. The van der Waals surface area contributed by atoms with Crippen LogP contribution in [-0.2, 0) is 4.74 Å². The fourth-order valence-corrected chi connectivity index (χ4v) is 1.86. The Kier molecular flexibility index (Phi) is 6.17. The van der Waals surface area contributed by atoms with Gasteiger partial charge in [0, 0.05) is 0 Å². The predicted octanol–water partition coefficient (Wildman–Crippen LogP) is 2.95. The van der Waals surface area contributed by atoms with Crippen LogP contribution in [0.1, 0.15) is 26.0 Å². The molecule has 1 amide bonds. The summed E-state index contributed by atoms with van der Waals surface area (Å²) in [5, 5.41) is 3.79. The highest BCUT2D eigenvalue weighted by molar-refractivity contribution is 5.80. The van der Waals surface area contributed by atoms with Gasteiger partial charge in [-0.25, -0.2) is 15.2 Å². The molecule has 0 spiro atoms. The largest absolute Gasteiger partial charge is 0.493 e. The Morgan fingerprint density at radius 2 is 2.22 bits per heavy atom. The van der Waals surface area contributed by atoms with Crippen molar-refractivity contribution in [3.05, 3.63) is 36.2 Å². The monoisotopic (exact) mass is 316 g/mol. The Hall–Kier alpha value is -2.83. The van der Waals surface area contributed by atoms with E-state index in [9.17, 15) is 4.79 Å². The van der Waals surface area contributed by atoms with Gasteiger partial charge >= 0.3 is 6.09 Å². The Morgan fingerprint density at radius 3 is 3.00 bits per heavy atom. The minimum absolute atomic E-state index is 0.296. The second-order valence-corrected chi connectivity index (χ2v) is 4.62. The van der Waals surface area contributed by atoms with Crippen molar-refractivity contribution in [3.63, 3.8) is 0 Å². The molecule has 122 valence electrons. The molecular weight excluding hydrogens is 296 g/mol. The number of nitrogens with one attached hydrogen (secondary N) is 2. The van der Waals surface area contributed by atoms with Crippen LogP contribution in [0.15, 0.2) is 35.6 Å². The van der Waals surface area contributed by atoms with Crippen molar-refractivity contribution in [2.24, 2.45) is 5.10 Å². The zero-order valence-electron chi connectivity index (χ0n) is 13.2. The summed E-state index contributed by atoms with van der Waals surface area (Å²) in [7, 11) is 0. The molecule has 7 nitrogen and oxygen atoms in total. The molecule has 1 heterocycles. The Labute approximate surface area is 134 Å². The lowest BCUT2D eigenvalue weighted by Crippen LogP contribution is -2.18. The first-order valence-electron chi connectivity index (χ1n) is 7.47. The maximum Gasteiger partial charge on any atom is 0.427 e. The fourth-order valence-electron chi connectivity index (χ4n) is 1.86. The van der Waals surface area contributed by atoms with Crippen LogP contribution in [-0.4, -0.2) is 35.5 Å². The van der Waals surface area contributed by atoms with Gasteiger partial charge in [0.05, 0.1) is 36.9 Å². The molecule has 23 heavy (non-hydrogen) atoms. The van der Waals surface area contributed by atoms with E-state index in [-0.39, 0.29) is 0 Å². The molecule has 0 aliphatic heterocycles. The number of carbonyl (C=O) groups is 1. The molecule has 0 atom stereocenters. The summed E-state index contributed by atoms with van der Waals surface area (Å²) in [6.45, 7) is 4.72. The number of hydrogen-bond donors (Lipinski definition) is 2. The second-order valence-electron chi connectivity index (χ2n) is 4.62. The zero-order valence-corrected chi connectivity index (χ0v) is 13.2. The molecule has 0 radical (unpaired) electrons. The van der Waals surface area contributed by atoms with Crippen LogP contribution in [0.4, 0.5) is 4.79 Å². The average Bonchev–Trinajstić information content (AvgIpc) is 3.02. The predicted molar refractivity (Wildman–Crippen MR) is 87.6 cm³/mol. The van der Waals surface area contributed by atoms with E-state index < -0.39 is 6.09 Å². The van der Waals surface area contributed by atoms with Crippen molar-refractivity contribution in [2.75, 3.05) is 13.2 Å². The number of benzene rings is 1. The van der Waals surface area contributed by atoms with Crippen molar-refractivity contribution in [2.45, 2.75) is 20.3 Å². The molecule has 0 aliphatic rings. The summed E-state index contributed by atoms with van der Waals surface area (Å²) >= 11 is 0. The van der Waals surface area contributed by atoms with Gasteiger partial charge in [0.15, 0.2) is 0 Å². The molecule has 0 saturated carbocycles. The first-order valence-corrected chi connectivity index (χ1v) is 7.47. The van der Waals surface area contributed by atoms with E-state index >= 15 is 0 Å². The van der Waals surface area contributed by atoms with Crippen molar-refractivity contribution >= 4 is 12.3 Å². The molecule has 1 aromatic carbocycles. The van der Waals surface area contributed by atoms with Crippen LogP contribution >= 0.6 is 0 Å². The van der Waals surface area contributed by atoms with E-state index in [1.165, 1.54) is 6.21 Å². The zero-order chi connectivity index (χ0) is 16.5. The molecule has 2 rings (SSSR count). The highest BCUT2D eigenvalue weighted by Gasteiger charge is 2.09. The SMILES string of the molecule is CCCOc1ccccc1-c1ncc(C=NNC(=O)OCC)[nH]1. The van der Waals surface area contributed by atoms with Crippen LogP contribution in [0.2, 0.25) is 0 Å². The number of aromatic nitrogens is 2. The summed E-state index contributed by atoms with van der Waals surface area (Å²) in [5.74, 6) is 1.45. The number of aromatic amines is 1. The number of imidazole rings is 1. The maximum absolute atomic E-state index is 11.1. The van der Waals surface area contributed by atoms with Crippen LogP contribution in [0, 0.1) is 0 Å². The van der Waals surface area contributed by atoms with Gasteiger partial charge < -0.3 is 14.5 Å². The summed E-state index contributed by atoms with van der Waals surface area (Å²) < 4.78 is 10.4. The summed E-state index contributed by atoms with van der Waals surface area (Å²) in [6, 6.07) is 7.68. The molecule has 0 aliphatic carbocycles. The lowest BCUT2D eigenvalue weighted by atomic mass is 10.2. The smallest absolute Gasteiger partial charge is 0.427 e. The lowest BCUT2D eigenvalue weighted by molar-refractivity contribution is 0.152. The van der Waals surface area contributed by atoms with E-state index in [4.69, 9.17) is 9.47 Å². The van der Waals surface area contributed by atoms with Gasteiger partial charge in [0.25, 0.3) is 0 Å². The third-order valence-electron chi connectivity index (χ3n) is 2.83. The minimum atomic E-state index is -0.596. The first kappa shape index (κ1) is 16.5. The van der Waals surface area contributed by atoms with Crippen LogP contribution in [0.25, 0.3) is 11.4 Å². The van der Waals surface area contributed by atoms with Crippen LogP contribution in [0.3, 0.4) is 0 Å². The van der Waals surface area contributed by atoms with Crippen molar-refractivity contribution < 1.29 is 14.3 Å². The average molecular weight is 316 g/mol. The number of H-pyrrole nitrogens is 1. The number of hydrazone groups is 1. The first-order chi connectivity index (χ1) is 11.2. The van der Waals surface area contributed by atoms with Gasteiger partial charge in [0.2, 0.25) is 0 Å². The number of hydrogen-bond acceptors (Lipinski definition) is 5. The van der Waals surface area contributed by atoms with Gasteiger partial charge in [-0.05, 0) is 25.5 Å². The number of amides is 1. The number of rotatable bonds is 7. The number of nitrogens with zero attached hydrogens (tertiary/aromatic N) is 2. The molecule has 2 aromatic rings. The molecule has 0 saturated heterocycles. The molecule has 0 bridgehead atoms. The topological polar surface area (TPSA) is 88.6 Å².